The number of likely N-dealkylation sites (tertiary alicyclic amines) is 1. The Hall–Kier alpha value is -3.41. The molecule has 0 saturated carbocycles. The third kappa shape index (κ3) is 2.87. The summed E-state index contributed by atoms with van der Waals surface area (Å²) in [4.78, 5) is 22.9. The summed E-state index contributed by atoms with van der Waals surface area (Å²) in [5.41, 5.74) is 2.59. The molecule has 28 heavy (non-hydrogen) atoms. The van der Waals surface area contributed by atoms with Gasteiger partial charge in [-0.1, -0.05) is 12.1 Å². The van der Waals surface area contributed by atoms with Crippen LogP contribution in [-0.4, -0.2) is 27.3 Å². The van der Waals surface area contributed by atoms with Gasteiger partial charge in [-0.15, -0.1) is 0 Å². The highest BCUT2D eigenvalue weighted by Crippen LogP contribution is 2.33. The maximum Gasteiger partial charge on any atom is 0.290 e. The van der Waals surface area contributed by atoms with Crippen molar-refractivity contribution in [2.45, 2.75) is 18.9 Å². The van der Waals surface area contributed by atoms with Gasteiger partial charge in [0.05, 0.1) is 17.1 Å². The Morgan fingerprint density at radius 3 is 2.75 bits per heavy atom. The fourth-order valence-corrected chi connectivity index (χ4v) is 3.79. The minimum Gasteiger partial charge on any atom is -0.451 e. The van der Waals surface area contributed by atoms with E-state index >= 15 is 0 Å². The topological polar surface area (TPSA) is 62.1 Å². The predicted octanol–water partition coefficient (Wildman–Crippen LogP) is 4.94. The molecule has 1 aliphatic heterocycles. The minimum atomic E-state index is -0.308. The van der Waals surface area contributed by atoms with Crippen LogP contribution in [0, 0.1) is 5.82 Å². The zero-order valence-electron chi connectivity index (χ0n) is 15.1. The lowest BCUT2D eigenvalue weighted by atomic mass is 10.2. The van der Waals surface area contributed by atoms with Crippen molar-refractivity contribution in [1.29, 1.82) is 0 Å². The molecule has 0 radical (unpaired) electrons. The average Bonchev–Trinajstić information content (AvgIpc) is 3.46. The van der Waals surface area contributed by atoms with E-state index in [-0.39, 0.29) is 23.5 Å². The summed E-state index contributed by atoms with van der Waals surface area (Å²) in [7, 11) is 0. The van der Waals surface area contributed by atoms with E-state index in [2.05, 4.69) is 9.97 Å². The van der Waals surface area contributed by atoms with Crippen molar-refractivity contribution in [3.8, 4) is 11.3 Å². The molecule has 6 heteroatoms. The number of nitrogens with zero attached hydrogens (tertiary/aromatic N) is 2. The molecule has 5 rings (SSSR count). The van der Waals surface area contributed by atoms with Crippen LogP contribution in [0.3, 0.4) is 0 Å². The number of aromatic amines is 1. The Morgan fingerprint density at radius 1 is 1.11 bits per heavy atom. The van der Waals surface area contributed by atoms with Gasteiger partial charge >= 0.3 is 0 Å². The minimum absolute atomic E-state index is 0.0979. The van der Waals surface area contributed by atoms with Crippen LogP contribution in [0.5, 0.6) is 0 Å². The first-order valence-corrected chi connectivity index (χ1v) is 9.30. The van der Waals surface area contributed by atoms with E-state index in [4.69, 9.17) is 4.42 Å². The number of carbonyl (C=O) groups excluding carboxylic acids is 1. The monoisotopic (exact) mass is 375 g/mol. The number of benzene rings is 2. The molecule has 0 aliphatic carbocycles. The summed E-state index contributed by atoms with van der Waals surface area (Å²) in [6, 6.07) is 17.2. The molecule has 2 aromatic carbocycles. The summed E-state index contributed by atoms with van der Waals surface area (Å²) >= 11 is 0. The van der Waals surface area contributed by atoms with E-state index in [1.807, 2.05) is 29.2 Å². The summed E-state index contributed by atoms with van der Waals surface area (Å²) in [5, 5.41) is 0. The SMILES string of the molecule is O=C(c1ccc(-c2ccc(F)cc2)o1)N1CCCC1c1nc2ccccc2[nH]1. The van der Waals surface area contributed by atoms with Crippen molar-refractivity contribution < 1.29 is 13.6 Å². The van der Waals surface area contributed by atoms with Gasteiger partial charge in [0, 0.05) is 12.1 Å². The Morgan fingerprint density at radius 2 is 1.93 bits per heavy atom. The van der Waals surface area contributed by atoms with E-state index in [1.54, 1.807) is 24.3 Å². The van der Waals surface area contributed by atoms with Gasteiger partial charge in [0.15, 0.2) is 5.76 Å². The summed E-state index contributed by atoms with van der Waals surface area (Å²) < 4.78 is 18.9. The van der Waals surface area contributed by atoms with E-state index < -0.39 is 0 Å². The highest BCUT2D eigenvalue weighted by atomic mass is 19.1. The average molecular weight is 375 g/mol. The number of hydrogen-bond acceptors (Lipinski definition) is 3. The van der Waals surface area contributed by atoms with Crippen molar-refractivity contribution >= 4 is 16.9 Å². The molecule has 1 saturated heterocycles. The van der Waals surface area contributed by atoms with E-state index in [1.165, 1.54) is 12.1 Å². The maximum atomic E-state index is 13.1. The molecule has 1 fully saturated rings. The van der Waals surface area contributed by atoms with Crippen molar-refractivity contribution in [2.75, 3.05) is 6.54 Å². The van der Waals surface area contributed by atoms with Gasteiger partial charge in [-0.3, -0.25) is 4.79 Å². The number of H-pyrrole nitrogens is 1. The van der Waals surface area contributed by atoms with Crippen molar-refractivity contribution in [3.05, 3.63) is 78.1 Å². The molecule has 3 heterocycles. The number of fused-ring (bicyclic) bond motifs is 1. The molecular formula is C22H18FN3O2. The maximum absolute atomic E-state index is 13.1. The summed E-state index contributed by atoms with van der Waals surface area (Å²) in [5.74, 6) is 1.16. The van der Waals surface area contributed by atoms with Gasteiger partial charge in [-0.25, -0.2) is 9.37 Å². The van der Waals surface area contributed by atoms with Crippen LogP contribution in [-0.2, 0) is 0 Å². The molecule has 2 aromatic heterocycles. The third-order valence-corrected chi connectivity index (χ3v) is 5.18. The van der Waals surface area contributed by atoms with Gasteiger partial charge in [0.2, 0.25) is 0 Å². The molecule has 1 N–H and O–H groups in total. The molecule has 4 aromatic rings. The second kappa shape index (κ2) is 6.64. The molecule has 5 nitrogen and oxygen atoms in total. The number of para-hydroxylation sites is 2. The number of carbonyl (C=O) groups is 1. The van der Waals surface area contributed by atoms with Crippen molar-refractivity contribution in [1.82, 2.24) is 14.9 Å². The molecule has 1 aliphatic rings. The van der Waals surface area contributed by atoms with Crippen LogP contribution < -0.4 is 0 Å². The first kappa shape index (κ1) is 16.7. The predicted molar refractivity (Wildman–Crippen MR) is 103 cm³/mol. The molecule has 0 spiro atoms. The molecule has 0 bridgehead atoms. The molecular weight excluding hydrogens is 357 g/mol. The number of rotatable bonds is 3. The van der Waals surface area contributed by atoms with Crippen LogP contribution in [0.4, 0.5) is 4.39 Å². The Labute approximate surface area is 160 Å². The fraction of sp³-hybridized carbons (Fsp3) is 0.182. The second-order valence-electron chi connectivity index (χ2n) is 6.97. The third-order valence-electron chi connectivity index (χ3n) is 5.18. The van der Waals surface area contributed by atoms with E-state index in [0.717, 1.165) is 35.3 Å². The largest absolute Gasteiger partial charge is 0.451 e. The van der Waals surface area contributed by atoms with E-state index in [9.17, 15) is 9.18 Å². The standard InChI is InChI=1S/C22H18FN3O2/c23-15-9-7-14(8-10-15)19-11-12-20(28-19)22(27)26-13-3-6-18(26)21-24-16-4-1-2-5-17(16)25-21/h1-2,4-5,7-12,18H,3,6,13H2,(H,24,25). The van der Waals surface area contributed by atoms with Crippen LogP contribution in [0.2, 0.25) is 0 Å². The smallest absolute Gasteiger partial charge is 0.290 e. The van der Waals surface area contributed by atoms with Gasteiger partial charge in [-0.2, -0.15) is 0 Å². The number of hydrogen-bond donors (Lipinski definition) is 1. The zero-order chi connectivity index (χ0) is 19.1. The lowest BCUT2D eigenvalue weighted by Crippen LogP contribution is -2.30. The summed E-state index contributed by atoms with van der Waals surface area (Å²) in [6.07, 6.45) is 1.77. The summed E-state index contributed by atoms with van der Waals surface area (Å²) in [6.45, 7) is 0.660. The number of aromatic nitrogens is 2. The van der Waals surface area contributed by atoms with Crippen LogP contribution in [0.15, 0.2) is 65.1 Å². The zero-order valence-corrected chi connectivity index (χ0v) is 15.1. The molecule has 1 unspecified atom stereocenters. The Bertz CT molecular complexity index is 1110. The van der Waals surface area contributed by atoms with Crippen molar-refractivity contribution in [2.24, 2.45) is 0 Å². The van der Waals surface area contributed by atoms with Gasteiger partial charge in [0.1, 0.15) is 17.4 Å². The number of nitrogens with one attached hydrogen (secondary N) is 1. The number of halogens is 1. The van der Waals surface area contributed by atoms with Gasteiger partial charge in [0.25, 0.3) is 5.91 Å². The lowest BCUT2D eigenvalue weighted by Gasteiger charge is -2.22. The molecule has 140 valence electrons. The quantitative estimate of drug-likeness (QED) is 0.552. The Balaban J connectivity index is 1.42. The van der Waals surface area contributed by atoms with Crippen LogP contribution in [0.1, 0.15) is 35.3 Å². The molecule has 1 atom stereocenters. The first-order chi connectivity index (χ1) is 13.7. The van der Waals surface area contributed by atoms with Crippen molar-refractivity contribution in [3.63, 3.8) is 0 Å². The number of furan rings is 1. The fourth-order valence-electron chi connectivity index (χ4n) is 3.79. The second-order valence-corrected chi connectivity index (χ2v) is 6.97. The first-order valence-electron chi connectivity index (χ1n) is 9.30. The normalized spacial score (nSPS) is 16.8. The molecule has 1 amide bonds. The highest BCUT2D eigenvalue weighted by Gasteiger charge is 2.34. The number of amides is 1. The van der Waals surface area contributed by atoms with Gasteiger partial charge in [-0.05, 0) is 61.4 Å². The number of imidazole rings is 1. The van der Waals surface area contributed by atoms with Crippen LogP contribution in [0.25, 0.3) is 22.4 Å². The Kier molecular flexibility index (Phi) is 3.97. The van der Waals surface area contributed by atoms with Gasteiger partial charge < -0.3 is 14.3 Å². The highest BCUT2D eigenvalue weighted by molar-refractivity contribution is 5.92. The van der Waals surface area contributed by atoms with Crippen LogP contribution >= 0.6 is 0 Å². The van der Waals surface area contributed by atoms with E-state index in [0.29, 0.717) is 12.3 Å². The lowest BCUT2D eigenvalue weighted by molar-refractivity contribution is 0.0699.